The highest BCUT2D eigenvalue weighted by molar-refractivity contribution is 8.00. The summed E-state index contributed by atoms with van der Waals surface area (Å²) in [7, 11) is -1.89. The lowest BCUT2D eigenvalue weighted by molar-refractivity contribution is -0.115. The molecular formula is C24H27N3O4S2. The van der Waals surface area contributed by atoms with Crippen LogP contribution in [0.25, 0.3) is 10.9 Å². The SMILES string of the molecule is COc1ccc(NC(=O)C(C)Sc2cc(C)c3cc(S(=O)(=O)N4CCCC4)ccc3n2)cc1. The minimum atomic E-state index is -3.48. The van der Waals surface area contributed by atoms with Gasteiger partial charge in [0.1, 0.15) is 5.75 Å². The van der Waals surface area contributed by atoms with Gasteiger partial charge in [0.05, 0.1) is 27.8 Å². The van der Waals surface area contributed by atoms with Crippen molar-refractivity contribution >= 4 is 44.3 Å². The molecule has 1 aliphatic heterocycles. The smallest absolute Gasteiger partial charge is 0.243 e. The fourth-order valence-electron chi connectivity index (χ4n) is 3.79. The van der Waals surface area contributed by atoms with E-state index in [2.05, 4.69) is 10.3 Å². The van der Waals surface area contributed by atoms with Gasteiger partial charge in [0.25, 0.3) is 0 Å². The lowest BCUT2D eigenvalue weighted by atomic mass is 10.1. The number of amides is 1. The number of nitrogens with zero attached hydrogens (tertiary/aromatic N) is 2. The monoisotopic (exact) mass is 485 g/mol. The van der Waals surface area contributed by atoms with Crippen LogP contribution in [0.3, 0.4) is 0 Å². The van der Waals surface area contributed by atoms with Gasteiger partial charge in [-0.3, -0.25) is 4.79 Å². The molecule has 1 aliphatic rings. The third-order valence-electron chi connectivity index (χ3n) is 5.69. The Morgan fingerprint density at radius 2 is 1.82 bits per heavy atom. The van der Waals surface area contributed by atoms with E-state index in [1.54, 1.807) is 53.9 Å². The summed E-state index contributed by atoms with van der Waals surface area (Å²) in [5, 5.41) is 4.05. The van der Waals surface area contributed by atoms with E-state index in [1.165, 1.54) is 11.8 Å². The topological polar surface area (TPSA) is 88.6 Å². The molecule has 3 aromatic rings. The maximum Gasteiger partial charge on any atom is 0.243 e. The maximum atomic E-state index is 12.9. The van der Waals surface area contributed by atoms with Crippen LogP contribution in [0.15, 0.2) is 58.5 Å². The number of ether oxygens (including phenoxy) is 1. The predicted octanol–water partition coefficient (Wildman–Crippen LogP) is 4.46. The minimum Gasteiger partial charge on any atom is -0.497 e. The zero-order valence-corrected chi connectivity index (χ0v) is 20.5. The number of carbonyl (C=O) groups excluding carboxylic acids is 1. The van der Waals surface area contributed by atoms with Gasteiger partial charge in [-0.15, -0.1) is 0 Å². The Hall–Kier alpha value is -2.62. The lowest BCUT2D eigenvalue weighted by Crippen LogP contribution is -2.27. The Morgan fingerprint density at radius 1 is 1.12 bits per heavy atom. The second-order valence-electron chi connectivity index (χ2n) is 8.05. The van der Waals surface area contributed by atoms with E-state index in [1.807, 2.05) is 19.9 Å². The predicted molar refractivity (Wildman–Crippen MR) is 131 cm³/mol. The van der Waals surface area contributed by atoms with Gasteiger partial charge in [-0.25, -0.2) is 13.4 Å². The van der Waals surface area contributed by atoms with Gasteiger partial charge in [0.2, 0.25) is 15.9 Å². The first kappa shape index (κ1) is 23.5. The molecule has 1 N–H and O–H groups in total. The average Bonchev–Trinajstić information content (AvgIpc) is 3.35. The first-order valence-corrected chi connectivity index (χ1v) is 13.1. The Morgan fingerprint density at radius 3 is 2.48 bits per heavy atom. The molecule has 7 nitrogen and oxygen atoms in total. The number of thioether (sulfide) groups is 1. The first-order chi connectivity index (χ1) is 15.8. The summed E-state index contributed by atoms with van der Waals surface area (Å²) in [5.41, 5.74) is 2.33. The summed E-state index contributed by atoms with van der Waals surface area (Å²) >= 11 is 1.36. The quantitative estimate of drug-likeness (QED) is 0.497. The number of fused-ring (bicyclic) bond motifs is 1. The summed E-state index contributed by atoms with van der Waals surface area (Å²) in [6.07, 6.45) is 1.80. The van der Waals surface area contributed by atoms with Crippen molar-refractivity contribution < 1.29 is 17.9 Å². The molecule has 1 fully saturated rings. The highest BCUT2D eigenvalue weighted by atomic mass is 32.2. The molecule has 1 unspecified atom stereocenters. The molecule has 1 aromatic heterocycles. The van der Waals surface area contributed by atoms with E-state index < -0.39 is 10.0 Å². The molecular weight excluding hydrogens is 458 g/mol. The van der Waals surface area contributed by atoms with Crippen molar-refractivity contribution in [3.8, 4) is 5.75 Å². The van der Waals surface area contributed by atoms with Crippen LogP contribution < -0.4 is 10.1 Å². The molecule has 0 aliphatic carbocycles. The second-order valence-corrected chi connectivity index (χ2v) is 11.3. The van der Waals surface area contributed by atoms with Gasteiger partial charge in [0, 0.05) is 24.2 Å². The van der Waals surface area contributed by atoms with Crippen molar-refractivity contribution in [2.24, 2.45) is 0 Å². The number of sulfonamides is 1. The van der Waals surface area contributed by atoms with Crippen molar-refractivity contribution in [2.75, 3.05) is 25.5 Å². The van der Waals surface area contributed by atoms with Gasteiger partial charge < -0.3 is 10.1 Å². The maximum absolute atomic E-state index is 12.9. The Kier molecular flexibility index (Phi) is 6.92. The number of benzene rings is 2. The summed E-state index contributed by atoms with van der Waals surface area (Å²) in [4.78, 5) is 17.6. The van der Waals surface area contributed by atoms with E-state index in [0.29, 0.717) is 34.2 Å². The molecule has 9 heteroatoms. The summed E-state index contributed by atoms with van der Waals surface area (Å²) in [6, 6.07) is 14.1. The zero-order chi connectivity index (χ0) is 23.6. The van der Waals surface area contributed by atoms with Crippen LogP contribution in [0.5, 0.6) is 5.75 Å². The van der Waals surface area contributed by atoms with Crippen molar-refractivity contribution in [1.29, 1.82) is 0 Å². The minimum absolute atomic E-state index is 0.128. The van der Waals surface area contributed by atoms with Gasteiger partial charge in [-0.1, -0.05) is 11.8 Å². The highest BCUT2D eigenvalue weighted by Crippen LogP contribution is 2.30. The molecule has 174 valence electrons. The van der Waals surface area contributed by atoms with Crippen molar-refractivity contribution in [2.45, 2.75) is 41.9 Å². The highest BCUT2D eigenvalue weighted by Gasteiger charge is 2.27. The van der Waals surface area contributed by atoms with E-state index >= 15 is 0 Å². The summed E-state index contributed by atoms with van der Waals surface area (Å²) < 4.78 is 32.5. The van der Waals surface area contributed by atoms with Crippen molar-refractivity contribution in [1.82, 2.24) is 9.29 Å². The molecule has 2 aromatic carbocycles. The van der Waals surface area contributed by atoms with Crippen LogP contribution >= 0.6 is 11.8 Å². The van der Waals surface area contributed by atoms with Gasteiger partial charge in [-0.05, 0) is 80.8 Å². The van der Waals surface area contributed by atoms with Crippen LogP contribution in [0.1, 0.15) is 25.3 Å². The third kappa shape index (κ3) is 5.15. The molecule has 0 saturated carbocycles. The number of carbonyl (C=O) groups is 1. The number of hydrogen-bond acceptors (Lipinski definition) is 6. The fraction of sp³-hybridized carbons (Fsp3) is 0.333. The van der Waals surface area contributed by atoms with Crippen molar-refractivity contribution in [3.05, 3.63) is 54.1 Å². The van der Waals surface area contributed by atoms with E-state index in [4.69, 9.17) is 4.74 Å². The van der Waals surface area contributed by atoms with Gasteiger partial charge in [0.15, 0.2) is 0 Å². The Bertz CT molecular complexity index is 1270. The third-order valence-corrected chi connectivity index (χ3v) is 8.60. The number of rotatable bonds is 7. The summed E-state index contributed by atoms with van der Waals surface area (Å²) in [5.74, 6) is 0.597. The van der Waals surface area contributed by atoms with Crippen LogP contribution in [0, 0.1) is 6.92 Å². The molecule has 33 heavy (non-hydrogen) atoms. The normalized spacial score (nSPS) is 15.5. The number of anilines is 1. The number of pyridine rings is 1. The van der Waals surface area contributed by atoms with Crippen LogP contribution in [0.4, 0.5) is 5.69 Å². The number of nitrogens with one attached hydrogen (secondary N) is 1. The van der Waals surface area contributed by atoms with Crippen LogP contribution in [0.2, 0.25) is 0 Å². The zero-order valence-electron chi connectivity index (χ0n) is 18.9. The number of hydrogen-bond donors (Lipinski definition) is 1. The Balaban J connectivity index is 1.50. The fourth-order valence-corrected chi connectivity index (χ4v) is 6.26. The van der Waals surface area contributed by atoms with E-state index in [-0.39, 0.29) is 11.2 Å². The second kappa shape index (κ2) is 9.70. The molecule has 0 radical (unpaired) electrons. The molecule has 0 spiro atoms. The lowest BCUT2D eigenvalue weighted by Gasteiger charge is -2.16. The van der Waals surface area contributed by atoms with Gasteiger partial charge in [-0.2, -0.15) is 4.31 Å². The molecule has 1 atom stereocenters. The van der Waals surface area contributed by atoms with Crippen LogP contribution in [-0.4, -0.2) is 49.1 Å². The first-order valence-electron chi connectivity index (χ1n) is 10.8. The average molecular weight is 486 g/mol. The van der Waals surface area contributed by atoms with E-state index in [9.17, 15) is 13.2 Å². The molecule has 0 bridgehead atoms. The number of aryl methyl sites for hydroxylation is 1. The number of methoxy groups -OCH3 is 1. The molecule has 2 heterocycles. The largest absolute Gasteiger partial charge is 0.497 e. The van der Waals surface area contributed by atoms with Gasteiger partial charge >= 0.3 is 0 Å². The summed E-state index contributed by atoms with van der Waals surface area (Å²) in [6.45, 7) is 4.91. The van der Waals surface area contributed by atoms with Crippen molar-refractivity contribution in [3.63, 3.8) is 0 Å². The Labute approximate surface area is 198 Å². The molecule has 1 amide bonds. The number of aromatic nitrogens is 1. The van der Waals surface area contributed by atoms with E-state index in [0.717, 1.165) is 29.5 Å². The van der Waals surface area contributed by atoms with Crippen LogP contribution in [-0.2, 0) is 14.8 Å². The standard InChI is InChI=1S/C24H27N3O4S2/c1-16-14-23(32-17(2)24(28)25-18-6-8-19(31-3)9-7-18)26-22-11-10-20(15-21(16)22)33(29,30)27-12-4-5-13-27/h6-11,14-15,17H,4-5,12-13H2,1-3H3,(H,25,28). The molecule has 1 saturated heterocycles. The molecule has 4 rings (SSSR count).